The number of hydrogen-bond donors (Lipinski definition) is 4. The summed E-state index contributed by atoms with van der Waals surface area (Å²) in [7, 11) is -11.9. The maximum atomic E-state index is 14.1. The Balaban J connectivity index is 1.70. The lowest BCUT2D eigenvalue weighted by molar-refractivity contribution is 0.0974. The van der Waals surface area contributed by atoms with Gasteiger partial charge in [-0.25, -0.2) is 30.0 Å². The molecule has 0 spiro atoms. The van der Waals surface area contributed by atoms with Crippen LogP contribution in [0.5, 0.6) is 0 Å². The van der Waals surface area contributed by atoms with Gasteiger partial charge in [-0.3, -0.25) is 19.0 Å². The van der Waals surface area contributed by atoms with Crippen LogP contribution < -0.4 is 19.7 Å². The molecule has 0 fully saturated rings. The Kier molecular flexibility index (Phi) is 8.74. The van der Waals surface area contributed by atoms with Gasteiger partial charge in [0.25, 0.3) is 21.5 Å². The van der Waals surface area contributed by atoms with E-state index in [2.05, 4.69) is 19.2 Å². The number of fused-ring (bicyclic) bond motifs is 1. The van der Waals surface area contributed by atoms with E-state index in [0.29, 0.717) is 16.5 Å². The third kappa shape index (κ3) is 7.42. The number of carbonyl (C=O) groups excluding carboxylic acids is 1. The van der Waals surface area contributed by atoms with E-state index in [4.69, 9.17) is 11.6 Å². The van der Waals surface area contributed by atoms with Crippen molar-refractivity contribution in [1.29, 1.82) is 0 Å². The van der Waals surface area contributed by atoms with E-state index in [1.165, 1.54) is 35.0 Å². The van der Waals surface area contributed by atoms with Crippen molar-refractivity contribution in [1.82, 2.24) is 14.3 Å². The molecule has 0 aliphatic carbocycles. The highest BCUT2D eigenvalue weighted by Gasteiger charge is 2.29. The van der Waals surface area contributed by atoms with Gasteiger partial charge in [0.2, 0.25) is 20.0 Å². The fourth-order valence-corrected chi connectivity index (χ4v) is 7.20. The second-order valence-corrected chi connectivity index (χ2v) is 15.9. The number of sulfonamides is 3. The molecule has 0 bridgehead atoms. The molecule has 0 aliphatic heterocycles. The zero-order valence-corrected chi connectivity index (χ0v) is 27.3. The first-order valence-corrected chi connectivity index (χ1v) is 18.9. The lowest BCUT2D eigenvalue weighted by Crippen LogP contribution is -2.33. The molecule has 17 heteroatoms. The SMILES string of the molecule is CS(=O)(=O)Nc1cccc(Cn2c(C(=O)NS(=O)(=O)c3cccc(NS(C)(=O)=O)c3)c(-c3ccc[nH]c3=O)c3cc(Cl)ccc32)c1. The van der Waals surface area contributed by atoms with Gasteiger partial charge >= 0.3 is 0 Å². The van der Waals surface area contributed by atoms with Gasteiger partial charge in [0, 0.05) is 51.2 Å². The molecule has 0 saturated carbocycles. The van der Waals surface area contributed by atoms with E-state index in [0.717, 1.165) is 18.6 Å². The van der Waals surface area contributed by atoms with Gasteiger partial charge in [-0.15, -0.1) is 0 Å². The molecule has 0 radical (unpaired) electrons. The molecule has 46 heavy (non-hydrogen) atoms. The summed E-state index contributed by atoms with van der Waals surface area (Å²) in [4.78, 5) is 29.3. The van der Waals surface area contributed by atoms with Crippen LogP contribution in [-0.2, 0) is 36.6 Å². The molecule has 0 aliphatic rings. The number of aromatic nitrogens is 2. The normalized spacial score (nSPS) is 12.2. The first-order chi connectivity index (χ1) is 21.5. The highest BCUT2D eigenvalue weighted by molar-refractivity contribution is 7.92. The summed E-state index contributed by atoms with van der Waals surface area (Å²) >= 11 is 6.34. The molecule has 5 aromatic rings. The number of amides is 1. The molecular formula is C29H26ClN5O8S3. The van der Waals surface area contributed by atoms with Gasteiger partial charge in [0.15, 0.2) is 0 Å². The minimum Gasteiger partial charge on any atom is -0.331 e. The Morgan fingerprint density at radius 2 is 1.48 bits per heavy atom. The average molecular weight is 704 g/mol. The number of aromatic amines is 1. The maximum Gasteiger partial charge on any atom is 0.282 e. The molecule has 0 saturated heterocycles. The molecule has 3 aromatic carbocycles. The van der Waals surface area contributed by atoms with Gasteiger partial charge in [0.05, 0.1) is 17.4 Å². The molecule has 0 atom stereocenters. The van der Waals surface area contributed by atoms with E-state index in [1.807, 2.05) is 0 Å². The van der Waals surface area contributed by atoms with Gasteiger partial charge in [-0.1, -0.05) is 29.8 Å². The van der Waals surface area contributed by atoms with Crippen molar-refractivity contribution in [2.75, 3.05) is 22.0 Å². The van der Waals surface area contributed by atoms with Crippen LogP contribution in [0.2, 0.25) is 5.02 Å². The van der Waals surface area contributed by atoms with Gasteiger partial charge in [-0.05, 0) is 66.2 Å². The molecule has 1 amide bonds. The van der Waals surface area contributed by atoms with Crippen molar-refractivity contribution in [3.05, 3.63) is 112 Å². The number of anilines is 2. The quantitative estimate of drug-likeness (QED) is 0.170. The van der Waals surface area contributed by atoms with E-state index in [1.54, 1.807) is 48.5 Å². The van der Waals surface area contributed by atoms with Crippen LogP contribution in [0.1, 0.15) is 16.1 Å². The van der Waals surface area contributed by atoms with Crippen molar-refractivity contribution in [3.63, 3.8) is 0 Å². The highest BCUT2D eigenvalue weighted by Crippen LogP contribution is 2.36. The van der Waals surface area contributed by atoms with Crippen LogP contribution >= 0.6 is 11.6 Å². The summed E-state index contributed by atoms with van der Waals surface area (Å²) < 4.78 is 82.2. The first kappa shape index (κ1) is 32.7. The molecule has 2 heterocycles. The minimum absolute atomic E-state index is 0.0410. The Hall–Kier alpha value is -4.64. The van der Waals surface area contributed by atoms with Crippen LogP contribution in [0.4, 0.5) is 11.4 Å². The van der Waals surface area contributed by atoms with E-state index < -0.39 is 46.4 Å². The molecule has 4 N–H and O–H groups in total. The van der Waals surface area contributed by atoms with Crippen molar-refractivity contribution in [2.45, 2.75) is 11.4 Å². The number of carbonyl (C=O) groups is 1. The first-order valence-electron chi connectivity index (χ1n) is 13.2. The molecule has 2 aromatic heterocycles. The molecule has 13 nitrogen and oxygen atoms in total. The number of pyridine rings is 1. The van der Waals surface area contributed by atoms with Crippen LogP contribution in [0.25, 0.3) is 22.0 Å². The van der Waals surface area contributed by atoms with Gasteiger partial charge in [-0.2, -0.15) is 0 Å². The molecular weight excluding hydrogens is 678 g/mol. The Morgan fingerprint density at radius 1 is 0.826 bits per heavy atom. The Morgan fingerprint density at radius 3 is 2.13 bits per heavy atom. The monoisotopic (exact) mass is 703 g/mol. The van der Waals surface area contributed by atoms with Crippen LogP contribution in [0, 0.1) is 0 Å². The smallest absolute Gasteiger partial charge is 0.282 e. The molecule has 5 rings (SSSR count). The lowest BCUT2D eigenvalue weighted by Gasteiger charge is -2.14. The number of H-pyrrole nitrogens is 1. The van der Waals surface area contributed by atoms with Crippen LogP contribution in [0.3, 0.4) is 0 Å². The highest BCUT2D eigenvalue weighted by atomic mass is 35.5. The van der Waals surface area contributed by atoms with E-state index in [9.17, 15) is 34.8 Å². The fourth-order valence-electron chi connectivity index (χ4n) is 4.92. The second-order valence-electron chi connectivity index (χ2n) is 10.3. The fraction of sp³-hybridized carbons (Fsp3) is 0.103. The number of halogens is 1. The van der Waals surface area contributed by atoms with Crippen molar-refractivity contribution in [2.24, 2.45) is 0 Å². The molecule has 240 valence electrons. The summed E-state index contributed by atoms with van der Waals surface area (Å²) in [6.07, 6.45) is 3.31. The zero-order valence-electron chi connectivity index (χ0n) is 24.1. The number of benzene rings is 3. The third-order valence-electron chi connectivity index (χ3n) is 6.57. The number of nitrogens with one attached hydrogen (secondary N) is 4. The predicted molar refractivity (Wildman–Crippen MR) is 177 cm³/mol. The van der Waals surface area contributed by atoms with E-state index >= 15 is 0 Å². The van der Waals surface area contributed by atoms with Crippen LogP contribution in [0.15, 0.2) is 94.7 Å². The van der Waals surface area contributed by atoms with Gasteiger partial charge < -0.3 is 9.55 Å². The maximum absolute atomic E-state index is 14.1. The summed E-state index contributed by atoms with van der Waals surface area (Å²) in [6.45, 7) is -0.0568. The molecule has 0 unspecified atom stereocenters. The summed E-state index contributed by atoms with van der Waals surface area (Å²) in [5.41, 5.74) is 0.571. The van der Waals surface area contributed by atoms with E-state index in [-0.39, 0.29) is 39.8 Å². The number of hydrogen-bond acceptors (Lipinski definition) is 8. The number of rotatable bonds is 10. The summed E-state index contributed by atoms with van der Waals surface area (Å²) in [5.74, 6) is -1.10. The third-order valence-corrected chi connectivity index (χ3v) is 9.35. The standard InChI is InChI=1S/C29H26ClN5O8S3/c1-44(38,39)32-20-7-3-6-18(14-20)17-35-25-12-11-19(30)15-24(25)26(23-10-5-13-31-28(23)36)27(35)29(37)34-46(42,43)22-9-4-8-21(16-22)33-45(2,40)41/h3-16,32-33H,17H2,1-2H3,(H,31,36)(H,34,37). The second kappa shape index (κ2) is 12.3. The summed E-state index contributed by atoms with van der Waals surface area (Å²) in [5, 5.41) is 0.656. The van der Waals surface area contributed by atoms with Crippen LogP contribution in [-0.4, -0.2) is 53.2 Å². The Bertz CT molecular complexity index is 2400. The predicted octanol–water partition coefficient (Wildman–Crippen LogP) is 3.56. The zero-order chi connectivity index (χ0) is 33.4. The topological polar surface area (TPSA) is 193 Å². The minimum atomic E-state index is -4.59. The van der Waals surface area contributed by atoms with Gasteiger partial charge in [0.1, 0.15) is 5.69 Å². The van der Waals surface area contributed by atoms with Crippen molar-refractivity contribution < 1.29 is 30.0 Å². The lowest BCUT2D eigenvalue weighted by atomic mass is 10.0. The number of nitrogens with zero attached hydrogens (tertiary/aromatic N) is 1. The van der Waals surface area contributed by atoms with Crippen molar-refractivity contribution in [3.8, 4) is 11.1 Å². The van der Waals surface area contributed by atoms with Crippen molar-refractivity contribution >= 4 is 69.9 Å². The average Bonchev–Trinajstić information content (AvgIpc) is 3.24. The Labute approximate surface area is 269 Å². The largest absolute Gasteiger partial charge is 0.331 e. The summed E-state index contributed by atoms with van der Waals surface area (Å²) in [6, 6.07) is 19.0.